The van der Waals surface area contributed by atoms with E-state index in [4.69, 9.17) is 11.6 Å². The van der Waals surface area contributed by atoms with Crippen molar-refractivity contribution < 1.29 is 9.90 Å². The van der Waals surface area contributed by atoms with Gasteiger partial charge in [0.15, 0.2) is 0 Å². The largest absolute Gasteiger partial charge is 0.481 e. The number of piperidine rings is 1. The Kier molecular flexibility index (Phi) is 4.30. The highest BCUT2D eigenvalue weighted by Crippen LogP contribution is 2.35. The quantitative estimate of drug-likeness (QED) is 0.922. The van der Waals surface area contributed by atoms with Gasteiger partial charge in [0, 0.05) is 16.8 Å². The Bertz CT molecular complexity index is 424. The first-order chi connectivity index (χ1) is 8.55. The lowest BCUT2D eigenvalue weighted by Gasteiger charge is -2.38. The van der Waals surface area contributed by atoms with Crippen LogP contribution in [-0.4, -0.2) is 29.1 Å². The second-order valence-corrected chi connectivity index (χ2v) is 6.38. The van der Waals surface area contributed by atoms with Crippen LogP contribution in [0, 0.1) is 5.41 Å². The van der Waals surface area contributed by atoms with Gasteiger partial charge in [-0.15, -0.1) is 11.3 Å². The van der Waals surface area contributed by atoms with Crippen LogP contribution in [0.5, 0.6) is 0 Å². The molecule has 0 spiro atoms. The SMILES string of the molecule is CCC1(C(=O)O)CCN(Cc2cc(Cl)cs2)CC1. The maximum atomic E-state index is 11.3. The topological polar surface area (TPSA) is 40.5 Å². The number of aliphatic carboxylic acids is 1. The predicted octanol–water partition coefficient (Wildman–Crippen LogP) is 3.48. The zero-order valence-corrected chi connectivity index (χ0v) is 12.1. The summed E-state index contributed by atoms with van der Waals surface area (Å²) in [7, 11) is 0. The van der Waals surface area contributed by atoms with E-state index in [2.05, 4.69) is 4.90 Å². The molecule has 5 heteroatoms. The number of carbonyl (C=O) groups is 1. The molecule has 1 aliphatic heterocycles. The molecule has 2 rings (SSSR count). The Labute approximate surface area is 116 Å². The summed E-state index contributed by atoms with van der Waals surface area (Å²) >= 11 is 7.57. The fourth-order valence-corrected chi connectivity index (χ4v) is 3.63. The Balaban J connectivity index is 1.92. The normalized spacial score (nSPS) is 19.9. The van der Waals surface area contributed by atoms with E-state index >= 15 is 0 Å². The van der Waals surface area contributed by atoms with Gasteiger partial charge in [0.1, 0.15) is 0 Å². The Morgan fingerprint density at radius 2 is 2.22 bits per heavy atom. The second-order valence-electron chi connectivity index (χ2n) is 4.95. The molecule has 0 aliphatic carbocycles. The first kappa shape index (κ1) is 13.8. The van der Waals surface area contributed by atoms with E-state index < -0.39 is 11.4 Å². The van der Waals surface area contributed by atoms with Crippen molar-refractivity contribution in [2.45, 2.75) is 32.7 Å². The molecule has 0 bridgehead atoms. The van der Waals surface area contributed by atoms with E-state index in [0.29, 0.717) is 0 Å². The summed E-state index contributed by atoms with van der Waals surface area (Å²) in [5.41, 5.74) is -0.496. The van der Waals surface area contributed by atoms with Crippen LogP contribution in [0.25, 0.3) is 0 Å². The number of thiophene rings is 1. The summed E-state index contributed by atoms with van der Waals surface area (Å²) in [6, 6.07) is 1.99. The summed E-state index contributed by atoms with van der Waals surface area (Å²) < 4.78 is 0. The molecule has 3 nitrogen and oxygen atoms in total. The van der Waals surface area contributed by atoms with E-state index in [1.807, 2.05) is 18.4 Å². The van der Waals surface area contributed by atoms with Crippen LogP contribution in [0.3, 0.4) is 0 Å². The number of hydrogen-bond donors (Lipinski definition) is 1. The van der Waals surface area contributed by atoms with Crippen LogP contribution in [0.4, 0.5) is 0 Å². The lowest BCUT2D eigenvalue weighted by Crippen LogP contribution is -2.43. The third kappa shape index (κ3) is 2.87. The van der Waals surface area contributed by atoms with Crippen molar-refractivity contribution in [3.8, 4) is 0 Å². The average Bonchev–Trinajstić information content (AvgIpc) is 2.76. The van der Waals surface area contributed by atoms with Gasteiger partial charge in [-0.05, 0) is 38.4 Å². The first-order valence-electron chi connectivity index (χ1n) is 6.24. The molecule has 0 radical (unpaired) electrons. The highest BCUT2D eigenvalue weighted by molar-refractivity contribution is 7.10. The summed E-state index contributed by atoms with van der Waals surface area (Å²) in [6.07, 6.45) is 2.22. The maximum Gasteiger partial charge on any atom is 0.309 e. The highest BCUT2D eigenvalue weighted by atomic mass is 35.5. The van der Waals surface area contributed by atoms with Gasteiger partial charge in [-0.1, -0.05) is 18.5 Å². The van der Waals surface area contributed by atoms with E-state index in [9.17, 15) is 9.90 Å². The van der Waals surface area contributed by atoms with E-state index in [1.54, 1.807) is 11.3 Å². The number of rotatable bonds is 4. The van der Waals surface area contributed by atoms with Crippen molar-refractivity contribution >= 4 is 28.9 Å². The highest BCUT2D eigenvalue weighted by Gasteiger charge is 2.39. The molecule has 0 saturated carbocycles. The summed E-state index contributed by atoms with van der Waals surface area (Å²) in [5, 5.41) is 12.1. The smallest absolute Gasteiger partial charge is 0.309 e. The molecule has 2 heterocycles. The Hall–Kier alpha value is -0.580. The van der Waals surface area contributed by atoms with Gasteiger partial charge in [-0.25, -0.2) is 0 Å². The van der Waals surface area contributed by atoms with Gasteiger partial charge >= 0.3 is 5.97 Å². The lowest BCUT2D eigenvalue weighted by atomic mass is 9.76. The summed E-state index contributed by atoms with van der Waals surface area (Å²) in [6.45, 7) is 4.57. The Morgan fingerprint density at radius 3 is 2.67 bits per heavy atom. The van der Waals surface area contributed by atoms with Gasteiger partial charge in [0.2, 0.25) is 0 Å². The lowest BCUT2D eigenvalue weighted by molar-refractivity contribution is -0.152. The molecule has 0 amide bonds. The zero-order valence-electron chi connectivity index (χ0n) is 10.5. The minimum absolute atomic E-state index is 0.496. The number of carboxylic acid groups (broad SMARTS) is 1. The fourth-order valence-electron chi connectivity index (χ4n) is 2.51. The molecule has 1 aromatic rings. The summed E-state index contributed by atoms with van der Waals surface area (Å²) in [4.78, 5) is 14.9. The molecule has 0 atom stereocenters. The van der Waals surface area contributed by atoms with Crippen LogP contribution in [-0.2, 0) is 11.3 Å². The molecule has 1 aliphatic rings. The van der Waals surface area contributed by atoms with Crippen molar-refractivity contribution in [1.29, 1.82) is 0 Å². The van der Waals surface area contributed by atoms with Crippen LogP contribution in [0.15, 0.2) is 11.4 Å². The first-order valence-corrected chi connectivity index (χ1v) is 7.50. The molecule has 1 saturated heterocycles. The standard InChI is InChI=1S/C13H18ClNO2S/c1-2-13(12(16)17)3-5-15(6-4-13)8-11-7-10(14)9-18-11/h7,9H,2-6,8H2,1H3,(H,16,17). The monoisotopic (exact) mass is 287 g/mol. The minimum Gasteiger partial charge on any atom is -0.481 e. The van der Waals surface area contributed by atoms with Gasteiger partial charge in [-0.2, -0.15) is 0 Å². The van der Waals surface area contributed by atoms with Crippen molar-refractivity contribution in [3.05, 3.63) is 21.3 Å². The van der Waals surface area contributed by atoms with Gasteiger partial charge in [-0.3, -0.25) is 9.69 Å². The minimum atomic E-state index is -0.635. The molecular formula is C13H18ClNO2S. The summed E-state index contributed by atoms with van der Waals surface area (Å²) in [5.74, 6) is -0.635. The van der Waals surface area contributed by atoms with Crippen molar-refractivity contribution in [2.24, 2.45) is 5.41 Å². The zero-order chi connectivity index (χ0) is 13.2. The molecule has 0 aromatic carbocycles. The molecule has 0 unspecified atom stereocenters. The number of nitrogens with zero attached hydrogens (tertiary/aromatic N) is 1. The van der Waals surface area contributed by atoms with Crippen LogP contribution < -0.4 is 0 Å². The number of halogens is 1. The van der Waals surface area contributed by atoms with Crippen molar-refractivity contribution in [2.75, 3.05) is 13.1 Å². The fraction of sp³-hybridized carbons (Fsp3) is 0.615. The molecule has 1 N–H and O–H groups in total. The Morgan fingerprint density at radius 1 is 1.56 bits per heavy atom. The molecule has 18 heavy (non-hydrogen) atoms. The van der Waals surface area contributed by atoms with E-state index in [-0.39, 0.29) is 0 Å². The third-order valence-corrected chi connectivity index (χ3v) is 5.21. The van der Waals surface area contributed by atoms with Gasteiger partial charge < -0.3 is 5.11 Å². The second kappa shape index (κ2) is 5.59. The molecule has 1 fully saturated rings. The van der Waals surface area contributed by atoms with Gasteiger partial charge in [0.25, 0.3) is 0 Å². The van der Waals surface area contributed by atoms with Gasteiger partial charge in [0.05, 0.1) is 10.4 Å². The van der Waals surface area contributed by atoms with E-state index in [0.717, 1.165) is 43.9 Å². The third-order valence-electron chi connectivity index (χ3n) is 3.94. The van der Waals surface area contributed by atoms with Crippen molar-refractivity contribution in [1.82, 2.24) is 4.90 Å². The molecular weight excluding hydrogens is 270 g/mol. The van der Waals surface area contributed by atoms with Crippen LogP contribution >= 0.6 is 22.9 Å². The number of likely N-dealkylation sites (tertiary alicyclic amines) is 1. The average molecular weight is 288 g/mol. The molecule has 100 valence electrons. The molecule has 1 aromatic heterocycles. The van der Waals surface area contributed by atoms with E-state index in [1.165, 1.54) is 4.88 Å². The number of hydrogen-bond acceptors (Lipinski definition) is 3. The van der Waals surface area contributed by atoms with Crippen LogP contribution in [0.2, 0.25) is 5.02 Å². The van der Waals surface area contributed by atoms with Crippen molar-refractivity contribution in [3.63, 3.8) is 0 Å². The number of carboxylic acids is 1. The predicted molar refractivity (Wildman–Crippen MR) is 74.2 cm³/mol. The van der Waals surface area contributed by atoms with Crippen LogP contribution in [0.1, 0.15) is 31.1 Å². The maximum absolute atomic E-state index is 11.3.